The van der Waals surface area contributed by atoms with Gasteiger partial charge in [0.25, 0.3) is 0 Å². The van der Waals surface area contributed by atoms with Crippen LogP contribution in [0.5, 0.6) is 0 Å². The lowest BCUT2D eigenvalue weighted by atomic mass is 9.92. The number of amides is 1. The monoisotopic (exact) mass is 348 g/mol. The van der Waals surface area contributed by atoms with Crippen LogP contribution in [-0.2, 0) is 9.47 Å². The van der Waals surface area contributed by atoms with E-state index in [0.29, 0.717) is 5.92 Å². The van der Waals surface area contributed by atoms with Crippen molar-refractivity contribution in [3.63, 3.8) is 0 Å². The maximum atomic E-state index is 12.1. The molecule has 1 aliphatic rings. The van der Waals surface area contributed by atoms with Gasteiger partial charge in [-0.1, -0.05) is 6.07 Å². The Bertz CT molecular complexity index is 519. The van der Waals surface area contributed by atoms with Crippen LogP contribution in [0.15, 0.2) is 24.4 Å². The number of nitrogens with zero attached hydrogens (tertiary/aromatic N) is 2. The molecular formula is C20H32N2O3. The highest BCUT2D eigenvalue weighted by molar-refractivity contribution is 5.68. The van der Waals surface area contributed by atoms with Crippen LogP contribution in [0.25, 0.3) is 0 Å². The molecule has 1 aromatic heterocycles. The molecule has 0 saturated carbocycles. The summed E-state index contributed by atoms with van der Waals surface area (Å²) >= 11 is 0. The van der Waals surface area contributed by atoms with Crippen LogP contribution in [0.3, 0.4) is 0 Å². The van der Waals surface area contributed by atoms with Crippen LogP contribution in [0.4, 0.5) is 4.79 Å². The highest BCUT2D eigenvalue weighted by atomic mass is 16.6. The molecule has 1 fully saturated rings. The van der Waals surface area contributed by atoms with Gasteiger partial charge in [0.15, 0.2) is 0 Å². The number of pyridine rings is 1. The molecule has 0 radical (unpaired) electrons. The first-order chi connectivity index (χ1) is 11.8. The number of ether oxygens (including phenoxy) is 2. The molecule has 1 saturated heterocycles. The fourth-order valence-electron chi connectivity index (χ4n) is 3.06. The van der Waals surface area contributed by atoms with Gasteiger partial charge in [0, 0.05) is 25.9 Å². The van der Waals surface area contributed by atoms with Crippen molar-refractivity contribution < 1.29 is 14.3 Å². The van der Waals surface area contributed by atoms with Gasteiger partial charge in [0.2, 0.25) is 0 Å². The molecule has 0 aromatic carbocycles. The van der Waals surface area contributed by atoms with E-state index in [2.05, 4.69) is 4.98 Å². The highest BCUT2D eigenvalue weighted by Crippen LogP contribution is 2.24. The zero-order chi connectivity index (χ0) is 18.3. The van der Waals surface area contributed by atoms with Crippen LogP contribution in [0.1, 0.15) is 65.2 Å². The molecule has 140 valence electrons. The summed E-state index contributed by atoms with van der Waals surface area (Å²) < 4.78 is 11.3. The van der Waals surface area contributed by atoms with Crippen molar-refractivity contribution in [3.8, 4) is 0 Å². The van der Waals surface area contributed by atoms with Crippen LogP contribution >= 0.6 is 0 Å². The number of carbonyl (C=O) groups excluding carboxylic acids is 1. The summed E-state index contributed by atoms with van der Waals surface area (Å²) in [5.74, 6) is 0.674. The number of aromatic nitrogens is 1. The van der Waals surface area contributed by atoms with Gasteiger partial charge in [0.05, 0.1) is 11.8 Å². The van der Waals surface area contributed by atoms with E-state index in [0.717, 1.165) is 51.1 Å². The normalized spacial score (nSPS) is 17.4. The molecule has 2 rings (SSSR count). The van der Waals surface area contributed by atoms with Gasteiger partial charge in [-0.3, -0.25) is 4.98 Å². The molecule has 5 heteroatoms. The molecule has 1 aliphatic heterocycles. The van der Waals surface area contributed by atoms with Crippen LogP contribution in [-0.4, -0.2) is 41.3 Å². The quantitative estimate of drug-likeness (QED) is 0.706. The summed E-state index contributed by atoms with van der Waals surface area (Å²) in [5.41, 5.74) is 0.559. The number of carbonyl (C=O) groups is 1. The molecule has 25 heavy (non-hydrogen) atoms. The van der Waals surface area contributed by atoms with Gasteiger partial charge in [-0.2, -0.15) is 0 Å². The SMILES string of the molecule is C[C@H](OCCCC1CCN(C(=O)OC(C)(C)C)CC1)c1ccccn1. The van der Waals surface area contributed by atoms with Crippen LogP contribution in [0, 0.1) is 5.92 Å². The van der Waals surface area contributed by atoms with E-state index in [4.69, 9.17) is 9.47 Å². The Balaban J connectivity index is 1.60. The second kappa shape index (κ2) is 9.18. The van der Waals surface area contributed by atoms with Gasteiger partial charge in [-0.05, 0) is 71.4 Å². The smallest absolute Gasteiger partial charge is 0.410 e. The second-order valence-electron chi connectivity index (χ2n) is 7.82. The van der Waals surface area contributed by atoms with Crippen LogP contribution in [0.2, 0.25) is 0 Å². The van der Waals surface area contributed by atoms with Crippen molar-refractivity contribution in [1.29, 1.82) is 0 Å². The molecule has 1 aromatic rings. The molecule has 0 N–H and O–H groups in total. The highest BCUT2D eigenvalue weighted by Gasteiger charge is 2.26. The van der Waals surface area contributed by atoms with Crippen molar-refractivity contribution in [2.45, 2.75) is 65.1 Å². The van der Waals surface area contributed by atoms with Gasteiger partial charge in [-0.15, -0.1) is 0 Å². The zero-order valence-corrected chi connectivity index (χ0v) is 16.0. The molecule has 0 aliphatic carbocycles. The summed E-state index contributed by atoms with van der Waals surface area (Å²) in [5, 5.41) is 0. The molecule has 0 bridgehead atoms. The maximum absolute atomic E-state index is 12.1. The number of likely N-dealkylation sites (tertiary alicyclic amines) is 1. The van der Waals surface area contributed by atoms with E-state index in [1.165, 1.54) is 0 Å². The molecule has 0 spiro atoms. The third-order valence-corrected chi connectivity index (χ3v) is 4.50. The lowest BCUT2D eigenvalue weighted by Crippen LogP contribution is -2.41. The Labute approximate surface area is 151 Å². The summed E-state index contributed by atoms with van der Waals surface area (Å²) in [7, 11) is 0. The van der Waals surface area contributed by atoms with E-state index >= 15 is 0 Å². The van der Waals surface area contributed by atoms with Gasteiger partial charge < -0.3 is 14.4 Å². The molecule has 0 unspecified atom stereocenters. The Hall–Kier alpha value is -1.62. The van der Waals surface area contributed by atoms with Crippen molar-refractivity contribution in [3.05, 3.63) is 30.1 Å². The van der Waals surface area contributed by atoms with Crippen molar-refractivity contribution >= 4 is 6.09 Å². The van der Waals surface area contributed by atoms with Crippen molar-refractivity contribution in [2.75, 3.05) is 19.7 Å². The predicted octanol–water partition coefficient (Wildman–Crippen LogP) is 4.59. The van der Waals surface area contributed by atoms with Gasteiger partial charge >= 0.3 is 6.09 Å². The van der Waals surface area contributed by atoms with E-state index in [1.807, 2.05) is 50.8 Å². The second-order valence-corrected chi connectivity index (χ2v) is 7.82. The van der Waals surface area contributed by atoms with E-state index < -0.39 is 5.60 Å². The molecular weight excluding hydrogens is 316 g/mol. The fourth-order valence-corrected chi connectivity index (χ4v) is 3.06. The number of hydrogen-bond acceptors (Lipinski definition) is 4. The zero-order valence-electron chi connectivity index (χ0n) is 16.0. The Morgan fingerprint density at radius 2 is 2.04 bits per heavy atom. The third kappa shape index (κ3) is 7.02. The van der Waals surface area contributed by atoms with E-state index in [9.17, 15) is 4.79 Å². The average molecular weight is 348 g/mol. The molecule has 1 atom stereocenters. The lowest BCUT2D eigenvalue weighted by molar-refractivity contribution is 0.0169. The predicted molar refractivity (Wildman–Crippen MR) is 98.4 cm³/mol. The first-order valence-corrected chi connectivity index (χ1v) is 9.35. The summed E-state index contributed by atoms with van der Waals surface area (Å²) in [6.07, 6.45) is 5.96. The molecule has 5 nitrogen and oxygen atoms in total. The largest absolute Gasteiger partial charge is 0.444 e. The minimum absolute atomic E-state index is 0.0372. The fraction of sp³-hybridized carbons (Fsp3) is 0.700. The van der Waals surface area contributed by atoms with E-state index in [1.54, 1.807) is 6.20 Å². The number of piperidine rings is 1. The standard InChI is InChI=1S/C20H32N2O3/c1-16(18-9-5-6-12-21-18)24-15-7-8-17-10-13-22(14-11-17)19(23)25-20(2,3)4/h5-6,9,12,16-17H,7-8,10-11,13-15H2,1-4H3/t16-/m0/s1. The number of rotatable bonds is 6. The summed E-state index contributed by atoms with van der Waals surface area (Å²) in [4.78, 5) is 18.2. The van der Waals surface area contributed by atoms with Gasteiger partial charge in [0.1, 0.15) is 5.60 Å². The topological polar surface area (TPSA) is 51.7 Å². The maximum Gasteiger partial charge on any atom is 0.410 e. The number of hydrogen-bond donors (Lipinski definition) is 0. The Kier molecular flexibility index (Phi) is 7.24. The minimum Gasteiger partial charge on any atom is -0.444 e. The van der Waals surface area contributed by atoms with E-state index in [-0.39, 0.29) is 12.2 Å². The Morgan fingerprint density at radius 1 is 1.32 bits per heavy atom. The third-order valence-electron chi connectivity index (χ3n) is 4.50. The Morgan fingerprint density at radius 3 is 2.64 bits per heavy atom. The molecule has 1 amide bonds. The first kappa shape index (κ1) is 19.7. The molecule has 2 heterocycles. The summed E-state index contributed by atoms with van der Waals surface area (Å²) in [6.45, 7) is 10.1. The van der Waals surface area contributed by atoms with Crippen molar-refractivity contribution in [2.24, 2.45) is 5.92 Å². The average Bonchev–Trinajstić information content (AvgIpc) is 2.58. The summed E-state index contributed by atoms with van der Waals surface area (Å²) in [6, 6.07) is 5.90. The van der Waals surface area contributed by atoms with Crippen LogP contribution < -0.4 is 0 Å². The first-order valence-electron chi connectivity index (χ1n) is 9.35. The minimum atomic E-state index is -0.421. The van der Waals surface area contributed by atoms with Crippen molar-refractivity contribution in [1.82, 2.24) is 9.88 Å². The lowest BCUT2D eigenvalue weighted by Gasteiger charge is -2.33. The van der Waals surface area contributed by atoms with Gasteiger partial charge in [-0.25, -0.2) is 4.79 Å².